The van der Waals surface area contributed by atoms with Crippen LogP contribution >= 0.6 is 0 Å². The minimum atomic E-state index is 0.407. The molecular weight excluding hydrogens is 196 g/mol. The Kier molecular flexibility index (Phi) is 4.26. The maximum Gasteiger partial charge on any atom is 0.00480 e. The number of hydrogen-bond acceptors (Lipinski definition) is 2. The second-order valence-electron chi connectivity index (χ2n) is 6.36. The fourth-order valence-corrected chi connectivity index (χ4v) is 3.36. The van der Waals surface area contributed by atoms with Gasteiger partial charge in [-0.25, -0.2) is 0 Å². The van der Waals surface area contributed by atoms with Gasteiger partial charge in [0.15, 0.2) is 0 Å². The van der Waals surface area contributed by atoms with Gasteiger partial charge in [0.05, 0.1) is 0 Å². The highest BCUT2D eigenvalue weighted by Gasteiger charge is 2.33. The Bertz CT molecular complexity index is 209. The lowest BCUT2D eigenvalue weighted by Crippen LogP contribution is -2.33. The first kappa shape index (κ1) is 12.4. The molecule has 1 unspecified atom stereocenters. The van der Waals surface area contributed by atoms with Crippen LogP contribution in [0.3, 0.4) is 0 Å². The number of rotatable bonds is 3. The summed E-state index contributed by atoms with van der Waals surface area (Å²) >= 11 is 0. The molecule has 1 saturated carbocycles. The van der Waals surface area contributed by atoms with Crippen molar-refractivity contribution >= 4 is 0 Å². The van der Waals surface area contributed by atoms with Crippen LogP contribution in [0.2, 0.25) is 0 Å². The summed E-state index contributed by atoms with van der Waals surface area (Å²) in [6, 6.07) is 0. The summed E-state index contributed by atoms with van der Waals surface area (Å²) in [4.78, 5) is 2.67. The van der Waals surface area contributed by atoms with Gasteiger partial charge in [-0.2, -0.15) is 0 Å². The minimum Gasteiger partial charge on any atom is -0.330 e. The van der Waals surface area contributed by atoms with Crippen molar-refractivity contribution in [3.8, 4) is 0 Å². The molecule has 0 aromatic heterocycles. The van der Waals surface area contributed by atoms with Crippen molar-refractivity contribution in [2.24, 2.45) is 17.1 Å². The van der Waals surface area contributed by atoms with E-state index in [9.17, 15) is 0 Å². The molecule has 2 rings (SSSR count). The summed E-state index contributed by atoms with van der Waals surface area (Å²) in [5.74, 6) is 0.975. The molecule has 0 bridgehead atoms. The Morgan fingerprint density at radius 2 is 1.88 bits per heavy atom. The lowest BCUT2D eigenvalue weighted by Gasteiger charge is -2.25. The summed E-state index contributed by atoms with van der Waals surface area (Å²) in [6.07, 6.45) is 10.1. The van der Waals surface area contributed by atoms with Crippen molar-refractivity contribution < 1.29 is 0 Å². The molecule has 1 saturated heterocycles. The molecule has 0 radical (unpaired) electrons. The number of nitrogens with two attached hydrogens (primary N) is 1. The minimum absolute atomic E-state index is 0.407. The van der Waals surface area contributed by atoms with Crippen molar-refractivity contribution in [2.45, 2.75) is 51.9 Å². The summed E-state index contributed by atoms with van der Waals surface area (Å²) in [5, 5.41) is 0. The van der Waals surface area contributed by atoms with Crippen LogP contribution in [0, 0.1) is 11.3 Å². The maximum atomic E-state index is 5.86. The maximum absolute atomic E-state index is 5.86. The van der Waals surface area contributed by atoms with Crippen LogP contribution in [0.25, 0.3) is 0 Å². The molecule has 0 aromatic carbocycles. The van der Waals surface area contributed by atoms with E-state index in [1.807, 2.05) is 0 Å². The fraction of sp³-hybridized carbons (Fsp3) is 1.00. The molecule has 2 fully saturated rings. The van der Waals surface area contributed by atoms with E-state index in [1.165, 1.54) is 64.6 Å². The van der Waals surface area contributed by atoms with Crippen LogP contribution in [0.5, 0.6) is 0 Å². The van der Waals surface area contributed by atoms with Gasteiger partial charge in [0.2, 0.25) is 0 Å². The molecule has 94 valence electrons. The van der Waals surface area contributed by atoms with Crippen LogP contribution < -0.4 is 5.73 Å². The van der Waals surface area contributed by atoms with E-state index in [-0.39, 0.29) is 0 Å². The molecule has 2 aliphatic rings. The summed E-state index contributed by atoms with van der Waals surface area (Å²) in [7, 11) is 0. The van der Waals surface area contributed by atoms with Crippen molar-refractivity contribution in [2.75, 3.05) is 26.2 Å². The van der Waals surface area contributed by atoms with E-state index < -0.39 is 0 Å². The van der Waals surface area contributed by atoms with Gasteiger partial charge in [-0.3, -0.25) is 0 Å². The van der Waals surface area contributed by atoms with Gasteiger partial charge in [0, 0.05) is 13.1 Å². The molecule has 1 heterocycles. The molecule has 2 N–H and O–H groups in total. The fourth-order valence-electron chi connectivity index (χ4n) is 3.36. The highest BCUT2D eigenvalue weighted by atomic mass is 15.2. The van der Waals surface area contributed by atoms with E-state index in [1.54, 1.807) is 0 Å². The molecule has 1 aliphatic heterocycles. The second-order valence-corrected chi connectivity index (χ2v) is 6.36. The standard InChI is InChI=1S/C14H28N2/c1-14(11-15)8-9-16(12-14)10-13-6-4-2-3-5-7-13/h13H,2-12,15H2,1H3. The van der Waals surface area contributed by atoms with Crippen LogP contribution in [0.1, 0.15) is 51.9 Å². The van der Waals surface area contributed by atoms with Gasteiger partial charge in [-0.1, -0.05) is 32.6 Å². The first-order valence-electron chi connectivity index (χ1n) is 7.14. The van der Waals surface area contributed by atoms with Crippen LogP contribution in [0.15, 0.2) is 0 Å². The molecule has 2 heteroatoms. The Morgan fingerprint density at radius 3 is 2.44 bits per heavy atom. The van der Waals surface area contributed by atoms with Gasteiger partial charge in [-0.05, 0) is 43.7 Å². The Balaban J connectivity index is 1.77. The van der Waals surface area contributed by atoms with Gasteiger partial charge in [-0.15, -0.1) is 0 Å². The Hall–Kier alpha value is -0.0800. The number of nitrogens with zero attached hydrogens (tertiary/aromatic N) is 1. The average Bonchev–Trinajstić information content (AvgIpc) is 2.51. The van der Waals surface area contributed by atoms with Crippen molar-refractivity contribution in [1.29, 1.82) is 0 Å². The first-order valence-corrected chi connectivity index (χ1v) is 7.14. The predicted molar refractivity (Wildman–Crippen MR) is 69.4 cm³/mol. The smallest absolute Gasteiger partial charge is 0.00480 e. The van der Waals surface area contributed by atoms with Crippen LogP contribution in [-0.2, 0) is 0 Å². The molecule has 0 aromatic rings. The zero-order chi connectivity index (χ0) is 11.4. The molecular formula is C14H28N2. The summed E-state index contributed by atoms with van der Waals surface area (Å²) < 4.78 is 0. The van der Waals surface area contributed by atoms with Crippen molar-refractivity contribution in [1.82, 2.24) is 4.90 Å². The monoisotopic (exact) mass is 224 g/mol. The molecule has 1 aliphatic carbocycles. The molecule has 0 spiro atoms. The quantitative estimate of drug-likeness (QED) is 0.747. The first-order chi connectivity index (χ1) is 7.72. The number of likely N-dealkylation sites (tertiary alicyclic amines) is 1. The molecule has 2 nitrogen and oxygen atoms in total. The molecule has 0 amide bonds. The third-order valence-corrected chi connectivity index (χ3v) is 4.62. The normalized spacial score (nSPS) is 34.1. The van der Waals surface area contributed by atoms with Crippen LogP contribution in [0.4, 0.5) is 0 Å². The van der Waals surface area contributed by atoms with Crippen LogP contribution in [-0.4, -0.2) is 31.1 Å². The average molecular weight is 224 g/mol. The summed E-state index contributed by atoms with van der Waals surface area (Å²) in [5.41, 5.74) is 6.27. The second kappa shape index (κ2) is 5.50. The molecule has 1 atom stereocenters. The lowest BCUT2D eigenvalue weighted by molar-refractivity contribution is 0.232. The highest BCUT2D eigenvalue weighted by Crippen LogP contribution is 2.31. The molecule has 16 heavy (non-hydrogen) atoms. The Morgan fingerprint density at radius 1 is 1.19 bits per heavy atom. The van der Waals surface area contributed by atoms with Gasteiger partial charge in [0.25, 0.3) is 0 Å². The largest absolute Gasteiger partial charge is 0.330 e. The van der Waals surface area contributed by atoms with Crippen molar-refractivity contribution in [3.63, 3.8) is 0 Å². The van der Waals surface area contributed by atoms with E-state index in [4.69, 9.17) is 5.73 Å². The van der Waals surface area contributed by atoms with Gasteiger partial charge in [0.1, 0.15) is 0 Å². The van der Waals surface area contributed by atoms with E-state index in [0.29, 0.717) is 5.41 Å². The van der Waals surface area contributed by atoms with Gasteiger partial charge >= 0.3 is 0 Å². The van der Waals surface area contributed by atoms with Gasteiger partial charge < -0.3 is 10.6 Å². The number of hydrogen-bond donors (Lipinski definition) is 1. The zero-order valence-electron chi connectivity index (χ0n) is 10.9. The van der Waals surface area contributed by atoms with E-state index >= 15 is 0 Å². The zero-order valence-corrected chi connectivity index (χ0v) is 10.9. The van der Waals surface area contributed by atoms with E-state index in [0.717, 1.165) is 12.5 Å². The third kappa shape index (κ3) is 3.21. The summed E-state index contributed by atoms with van der Waals surface area (Å²) in [6.45, 7) is 7.06. The Labute approximate surface area is 101 Å². The predicted octanol–water partition coefficient (Wildman–Crippen LogP) is 2.63. The third-order valence-electron chi connectivity index (χ3n) is 4.62. The van der Waals surface area contributed by atoms with Crippen molar-refractivity contribution in [3.05, 3.63) is 0 Å². The topological polar surface area (TPSA) is 29.3 Å². The SMILES string of the molecule is CC1(CN)CCN(CC2CCCCCC2)C1. The lowest BCUT2D eigenvalue weighted by atomic mass is 9.90. The van der Waals surface area contributed by atoms with E-state index in [2.05, 4.69) is 11.8 Å². The highest BCUT2D eigenvalue weighted by molar-refractivity contribution is 4.87.